The molecule has 0 heterocycles. The van der Waals surface area contributed by atoms with E-state index in [-0.39, 0.29) is 48.2 Å². The van der Waals surface area contributed by atoms with Gasteiger partial charge in [-0.3, -0.25) is 19.2 Å². The Hall–Kier alpha value is -2.06. The standard InChI is InChI=1S/C28H40O8/c1-26-12-10-18(29)14-17(26)8-9-19-20-11-13-28(35,27(20,2)15-21(30)25(19)26)22(31)16-36-24(34)7-5-3-4-6-23(32)33/h14,19-21,25,30,35H,3-13,15-16H2,1-2H3,(H,32,33)/t19-,20-,21-,25+,26-,27-,28-/m0/s1. The van der Waals surface area contributed by atoms with Gasteiger partial charge in [0.25, 0.3) is 0 Å². The number of carboxylic acid groups (broad SMARTS) is 1. The van der Waals surface area contributed by atoms with Gasteiger partial charge >= 0.3 is 11.9 Å². The lowest BCUT2D eigenvalue weighted by Gasteiger charge is -2.60. The molecule has 3 saturated carbocycles. The third kappa shape index (κ3) is 4.55. The second kappa shape index (κ2) is 10.0. The van der Waals surface area contributed by atoms with Crippen LogP contribution in [0, 0.1) is 28.6 Å². The molecule has 0 aromatic heterocycles. The normalized spacial score (nSPS) is 39.4. The van der Waals surface area contributed by atoms with Gasteiger partial charge in [-0.15, -0.1) is 0 Å². The molecule has 36 heavy (non-hydrogen) atoms. The minimum Gasteiger partial charge on any atom is -0.481 e. The Bertz CT molecular complexity index is 955. The van der Waals surface area contributed by atoms with Crippen molar-refractivity contribution in [3.63, 3.8) is 0 Å². The van der Waals surface area contributed by atoms with Crippen LogP contribution in [0.1, 0.15) is 90.9 Å². The molecule has 8 nitrogen and oxygen atoms in total. The molecule has 0 saturated heterocycles. The van der Waals surface area contributed by atoms with E-state index in [0.29, 0.717) is 38.5 Å². The first-order valence-corrected chi connectivity index (χ1v) is 13.5. The molecular formula is C28H40O8. The third-order valence-electron chi connectivity index (χ3n) is 10.1. The first-order chi connectivity index (χ1) is 16.9. The molecule has 0 aromatic carbocycles. The Balaban J connectivity index is 1.41. The molecule has 8 heteroatoms. The number of carbonyl (C=O) groups is 4. The zero-order chi connectivity index (χ0) is 26.3. The minimum atomic E-state index is -1.66. The lowest BCUT2D eigenvalue weighted by atomic mass is 9.45. The van der Waals surface area contributed by atoms with Crippen LogP contribution in [0.15, 0.2) is 11.6 Å². The summed E-state index contributed by atoms with van der Waals surface area (Å²) in [7, 11) is 0. The van der Waals surface area contributed by atoms with Crippen LogP contribution in [0.5, 0.6) is 0 Å². The van der Waals surface area contributed by atoms with E-state index in [2.05, 4.69) is 6.92 Å². The van der Waals surface area contributed by atoms with E-state index in [0.717, 1.165) is 24.8 Å². The van der Waals surface area contributed by atoms with E-state index in [9.17, 15) is 29.4 Å². The van der Waals surface area contributed by atoms with Crippen LogP contribution in [-0.4, -0.2) is 57.1 Å². The van der Waals surface area contributed by atoms with Gasteiger partial charge in [-0.1, -0.05) is 25.8 Å². The summed E-state index contributed by atoms with van der Waals surface area (Å²) < 4.78 is 5.20. The van der Waals surface area contributed by atoms with Gasteiger partial charge in [-0.05, 0) is 80.6 Å². The van der Waals surface area contributed by atoms with Crippen molar-refractivity contribution in [1.82, 2.24) is 0 Å². The first kappa shape index (κ1) is 27.0. The summed E-state index contributed by atoms with van der Waals surface area (Å²) in [5.74, 6) is -1.52. The molecule has 4 aliphatic rings. The Kier molecular flexibility index (Phi) is 7.50. The first-order valence-electron chi connectivity index (χ1n) is 13.5. The van der Waals surface area contributed by atoms with Crippen molar-refractivity contribution in [1.29, 1.82) is 0 Å². The van der Waals surface area contributed by atoms with E-state index >= 15 is 0 Å². The predicted molar refractivity (Wildman–Crippen MR) is 130 cm³/mol. The molecule has 0 amide bonds. The number of ether oxygens (including phenoxy) is 1. The predicted octanol–water partition coefficient (Wildman–Crippen LogP) is 3.37. The van der Waals surface area contributed by atoms with E-state index in [1.165, 1.54) is 0 Å². The number of aliphatic hydroxyl groups is 2. The van der Waals surface area contributed by atoms with Crippen molar-refractivity contribution >= 4 is 23.5 Å². The van der Waals surface area contributed by atoms with Crippen molar-refractivity contribution in [2.75, 3.05) is 6.61 Å². The lowest BCUT2D eigenvalue weighted by molar-refractivity contribution is -0.184. The molecule has 4 rings (SSSR count). The molecule has 200 valence electrons. The van der Waals surface area contributed by atoms with Crippen molar-refractivity contribution in [3.8, 4) is 0 Å². The number of aliphatic carboxylic acids is 1. The highest BCUT2D eigenvalue weighted by molar-refractivity contribution is 5.92. The monoisotopic (exact) mass is 504 g/mol. The summed E-state index contributed by atoms with van der Waals surface area (Å²) in [6.07, 6.45) is 6.94. The van der Waals surface area contributed by atoms with E-state index < -0.39 is 41.4 Å². The zero-order valence-corrected chi connectivity index (χ0v) is 21.5. The fourth-order valence-electron chi connectivity index (χ4n) is 8.21. The van der Waals surface area contributed by atoms with Gasteiger partial charge in [0.05, 0.1) is 6.10 Å². The zero-order valence-electron chi connectivity index (χ0n) is 21.5. The highest BCUT2D eigenvalue weighted by Gasteiger charge is 2.68. The van der Waals surface area contributed by atoms with Gasteiger partial charge in [-0.25, -0.2) is 0 Å². The molecule has 0 aliphatic heterocycles. The van der Waals surface area contributed by atoms with Crippen LogP contribution < -0.4 is 0 Å². The number of carbonyl (C=O) groups excluding carboxylic acids is 3. The molecule has 3 fully saturated rings. The summed E-state index contributed by atoms with van der Waals surface area (Å²) in [6, 6.07) is 0. The Morgan fingerprint density at radius 1 is 1.06 bits per heavy atom. The molecule has 0 unspecified atom stereocenters. The number of unbranched alkanes of at least 4 members (excludes halogenated alkanes) is 2. The number of rotatable bonds is 9. The summed E-state index contributed by atoms with van der Waals surface area (Å²) in [4.78, 5) is 48.0. The van der Waals surface area contributed by atoms with Gasteiger partial charge in [0, 0.05) is 24.7 Å². The van der Waals surface area contributed by atoms with Crippen LogP contribution in [-0.2, 0) is 23.9 Å². The van der Waals surface area contributed by atoms with Crippen LogP contribution in [0.25, 0.3) is 0 Å². The number of hydrogen-bond donors (Lipinski definition) is 3. The maximum absolute atomic E-state index is 13.3. The van der Waals surface area contributed by atoms with Crippen molar-refractivity contribution in [2.45, 2.75) is 103 Å². The SMILES string of the molecule is C[C@]12CCC(=O)C=C1CC[C@@H]1[C@@H]2[C@@H](O)C[C@@]2(C)[C@H]1CC[C@]2(O)C(=O)COC(=O)CCCCCC(=O)O. The summed E-state index contributed by atoms with van der Waals surface area (Å²) in [5.41, 5.74) is -1.56. The van der Waals surface area contributed by atoms with Crippen LogP contribution in [0.4, 0.5) is 0 Å². The van der Waals surface area contributed by atoms with Gasteiger partial charge in [0.2, 0.25) is 5.78 Å². The number of allylic oxidation sites excluding steroid dienone is 1. The minimum absolute atomic E-state index is 0.0000758. The molecule has 7 atom stereocenters. The second-order valence-corrected chi connectivity index (χ2v) is 12.0. The van der Waals surface area contributed by atoms with Crippen molar-refractivity contribution in [2.24, 2.45) is 28.6 Å². The number of carboxylic acids is 1. The summed E-state index contributed by atoms with van der Waals surface area (Å²) >= 11 is 0. The Morgan fingerprint density at radius 2 is 1.78 bits per heavy atom. The third-order valence-corrected chi connectivity index (χ3v) is 10.1. The van der Waals surface area contributed by atoms with Crippen LogP contribution in [0.3, 0.4) is 0 Å². The van der Waals surface area contributed by atoms with Crippen LogP contribution >= 0.6 is 0 Å². The van der Waals surface area contributed by atoms with E-state index in [4.69, 9.17) is 9.84 Å². The highest BCUT2D eigenvalue weighted by Crippen LogP contribution is 2.67. The van der Waals surface area contributed by atoms with Crippen molar-refractivity contribution in [3.05, 3.63) is 11.6 Å². The Labute approximate surface area is 212 Å². The maximum Gasteiger partial charge on any atom is 0.306 e. The number of esters is 1. The van der Waals surface area contributed by atoms with Crippen molar-refractivity contribution < 1.29 is 39.2 Å². The molecule has 0 spiro atoms. The molecule has 0 aromatic rings. The van der Waals surface area contributed by atoms with E-state index in [1.54, 1.807) is 6.08 Å². The van der Waals surface area contributed by atoms with Gasteiger partial charge < -0.3 is 20.1 Å². The summed E-state index contributed by atoms with van der Waals surface area (Å²) in [6.45, 7) is 3.58. The van der Waals surface area contributed by atoms with E-state index in [1.807, 2.05) is 6.92 Å². The smallest absolute Gasteiger partial charge is 0.306 e. The number of fused-ring (bicyclic) bond motifs is 5. The topological polar surface area (TPSA) is 138 Å². The molecular weight excluding hydrogens is 464 g/mol. The highest BCUT2D eigenvalue weighted by atomic mass is 16.5. The Morgan fingerprint density at radius 3 is 2.50 bits per heavy atom. The average Bonchev–Trinajstić information content (AvgIpc) is 3.08. The quantitative estimate of drug-likeness (QED) is 0.321. The number of hydrogen-bond acceptors (Lipinski definition) is 7. The van der Waals surface area contributed by atoms with Gasteiger partial charge in [0.1, 0.15) is 5.60 Å². The van der Waals surface area contributed by atoms with Crippen LogP contribution in [0.2, 0.25) is 0 Å². The number of ketones is 2. The largest absolute Gasteiger partial charge is 0.481 e. The molecule has 4 aliphatic carbocycles. The molecule has 0 radical (unpaired) electrons. The lowest BCUT2D eigenvalue weighted by Crippen LogP contribution is -2.62. The van der Waals surface area contributed by atoms with Gasteiger partial charge in [0.15, 0.2) is 12.4 Å². The maximum atomic E-state index is 13.3. The molecule has 3 N–H and O–H groups in total. The summed E-state index contributed by atoms with van der Waals surface area (Å²) in [5, 5.41) is 31.8. The fraction of sp³-hybridized carbons (Fsp3) is 0.786. The molecule has 0 bridgehead atoms. The number of Topliss-reactive ketones (excluding diaryl/α,β-unsaturated/α-hetero) is 1. The number of aliphatic hydroxyl groups excluding tert-OH is 1. The van der Waals surface area contributed by atoms with Gasteiger partial charge in [-0.2, -0.15) is 0 Å². The fourth-order valence-corrected chi connectivity index (χ4v) is 8.21. The second-order valence-electron chi connectivity index (χ2n) is 12.0. The average molecular weight is 505 g/mol.